The van der Waals surface area contributed by atoms with E-state index in [4.69, 9.17) is 9.84 Å². The number of ether oxygens (including phenoxy) is 1. The summed E-state index contributed by atoms with van der Waals surface area (Å²) in [6, 6.07) is 9.33. The summed E-state index contributed by atoms with van der Waals surface area (Å²) in [6.07, 6.45) is 1.84. The van der Waals surface area contributed by atoms with Gasteiger partial charge in [-0.15, -0.1) is 0 Å². The van der Waals surface area contributed by atoms with Crippen molar-refractivity contribution in [2.45, 2.75) is 6.92 Å². The van der Waals surface area contributed by atoms with Crippen molar-refractivity contribution in [1.29, 1.82) is 0 Å². The van der Waals surface area contributed by atoms with Crippen LogP contribution in [-0.4, -0.2) is 22.1 Å². The lowest BCUT2D eigenvalue weighted by Crippen LogP contribution is -2.11. The second kappa shape index (κ2) is 5.21. The minimum atomic E-state index is -1.06. The molecular weight excluding hydrogens is 374 g/mol. The quantitative estimate of drug-likeness (QED) is 0.585. The van der Waals surface area contributed by atoms with Crippen LogP contribution in [0.3, 0.4) is 0 Å². The number of halogens is 1. The number of hydrogen-bond donors (Lipinski definition) is 1. The third-order valence-electron chi connectivity index (χ3n) is 4.12. The number of aryl methyl sites for hydroxylation is 1. The van der Waals surface area contributed by atoms with Crippen LogP contribution < -0.4 is 10.2 Å². The van der Waals surface area contributed by atoms with Gasteiger partial charge in [0.25, 0.3) is 0 Å². The highest BCUT2D eigenvalue weighted by atomic mass is 79.9. The Morgan fingerprint density at radius 2 is 1.96 bits per heavy atom. The molecule has 0 saturated carbocycles. The largest absolute Gasteiger partial charge is 0.482 e. The van der Waals surface area contributed by atoms with Crippen LogP contribution in [-0.2, 0) is 4.79 Å². The SMILES string of the molecule is Cc1cn2c3ccc(Br)cc3c3cc(OCC(=O)O)cc(c1=O)c32. The van der Waals surface area contributed by atoms with Gasteiger partial charge in [-0.3, -0.25) is 4.79 Å². The van der Waals surface area contributed by atoms with Gasteiger partial charge in [-0.05, 0) is 37.3 Å². The van der Waals surface area contributed by atoms with Crippen LogP contribution in [0.2, 0.25) is 0 Å². The number of carbonyl (C=O) groups is 1. The number of rotatable bonds is 3. The Balaban J connectivity index is 2.16. The summed E-state index contributed by atoms with van der Waals surface area (Å²) in [5.74, 6) is -0.682. The Kier molecular flexibility index (Phi) is 3.25. The Morgan fingerprint density at radius 1 is 1.21 bits per heavy atom. The Bertz CT molecular complexity index is 1180. The van der Waals surface area contributed by atoms with Crippen molar-refractivity contribution in [2.75, 3.05) is 6.61 Å². The monoisotopic (exact) mass is 385 g/mol. The molecule has 0 bridgehead atoms. The molecule has 0 unspecified atom stereocenters. The standard InChI is InChI=1S/C18H12BrNO4/c1-9-7-20-15-3-2-10(19)4-12(15)13-5-11(24-8-16(21)22)6-14(17(13)20)18(9)23/h2-7H,8H2,1H3,(H,21,22). The molecule has 0 fully saturated rings. The molecule has 0 spiro atoms. The molecule has 0 amide bonds. The van der Waals surface area contributed by atoms with E-state index >= 15 is 0 Å². The van der Waals surface area contributed by atoms with Crippen LogP contribution in [0.1, 0.15) is 5.56 Å². The third-order valence-corrected chi connectivity index (χ3v) is 4.61. The summed E-state index contributed by atoms with van der Waals surface area (Å²) in [4.78, 5) is 23.3. The van der Waals surface area contributed by atoms with Gasteiger partial charge in [0.05, 0.1) is 16.4 Å². The second-order valence-corrected chi connectivity index (χ2v) is 6.64. The summed E-state index contributed by atoms with van der Waals surface area (Å²) in [5, 5.41) is 11.2. The number of aliphatic carboxylic acids is 1. The van der Waals surface area contributed by atoms with E-state index in [0.29, 0.717) is 16.7 Å². The molecule has 6 heteroatoms. The lowest BCUT2D eigenvalue weighted by molar-refractivity contribution is -0.139. The van der Waals surface area contributed by atoms with Gasteiger partial charge in [0.2, 0.25) is 0 Å². The minimum Gasteiger partial charge on any atom is -0.482 e. The number of aromatic nitrogens is 1. The first-order valence-electron chi connectivity index (χ1n) is 7.30. The molecule has 0 radical (unpaired) electrons. The fourth-order valence-electron chi connectivity index (χ4n) is 3.13. The van der Waals surface area contributed by atoms with E-state index < -0.39 is 12.6 Å². The summed E-state index contributed by atoms with van der Waals surface area (Å²) < 4.78 is 8.26. The zero-order valence-electron chi connectivity index (χ0n) is 12.7. The zero-order valence-corrected chi connectivity index (χ0v) is 14.3. The lowest BCUT2D eigenvalue weighted by atomic mass is 10.1. The first-order valence-corrected chi connectivity index (χ1v) is 8.10. The van der Waals surface area contributed by atoms with E-state index in [2.05, 4.69) is 15.9 Å². The Morgan fingerprint density at radius 3 is 2.71 bits per heavy atom. The average Bonchev–Trinajstić information content (AvgIpc) is 2.84. The lowest BCUT2D eigenvalue weighted by Gasteiger charge is -2.07. The van der Waals surface area contributed by atoms with E-state index in [0.717, 1.165) is 26.3 Å². The Hall–Kier alpha value is -2.60. The van der Waals surface area contributed by atoms with Crippen LogP contribution >= 0.6 is 15.9 Å². The Labute approximate surface area is 144 Å². The maximum Gasteiger partial charge on any atom is 0.341 e. The van der Waals surface area contributed by atoms with Gasteiger partial charge in [-0.25, -0.2) is 4.79 Å². The third kappa shape index (κ3) is 2.14. The fourth-order valence-corrected chi connectivity index (χ4v) is 3.49. The van der Waals surface area contributed by atoms with Gasteiger partial charge < -0.3 is 14.2 Å². The predicted molar refractivity (Wildman–Crippen MR) is 95.4 cm³/mol. The van der Waals surface area contributed by atoms with Gasteiger partial charge in [0, 0.05) is 27.0 Å². The molecule has 4 aromatic rings. The van der Waals surface area contributed by atoms with Gasteiger partial charge >= 0.3 is 5.97 Å². The number of nitrogens with zero attached hydrogens (tertiary/aromatic N) is 1. The van der Waals surface area contributed by atoms with Crippen LogP contribution in [0.4, 0.5) is 0 Å². The molecule has 2 aromatic carbocycles. The van der Waals surface area contributed by atoms with E-state index in [9.17, 15) is 9.59 Å². The van der Waals surface area contributed by atoms with E-state index in [1.54, 1.807) is 19.1 Å². The molecule has 120 valence electrons. The van der Waals surface area contributed by atoms with Crippen molar-refractivity contribution in [1.82, 2.24) is 4.40 Å². The zero-order chi connectivity index (χ0) is 17.0. The van der Waals surface area contributed by atoms with E-state index in [-0.39, 0.29) is 5.43 Å². The average molecular weight is 386 g/mol. The maximum atomic E-state index is 12.6. The van der Waals surface area contributed by atoms with Crippen molar-refractivity contribution < 1.29 is 14.6 Å². The summed E-state index contributed by atoms with van der Waals surface area (Å²) in [7, 11) is 0. The van der Waals surface area contributed by atoms with Gasteiger partial charge in [0.15, 0.2) is 12.0 Å². The molecule has 0 aliphatic heterocycles. The van der Waals surface area contributed by atoms with Gasteiger partial charge in [-0.1, -0.05) is 15.9 Å². The molecule has 0 aliphatic rings. The second-order valence-electron chi connectivity index (χ2n) is 5.72. The van der Waals surface area contributed by atoms with Crippen LogP contribution in [0, 0.1) is 6.92 Å². The van der Waals surface area contributed by atoms with Crippen molar-refractivity contribution in [3.63, 3.8) is 0 Å². The highest BCUT2D eigenvalue weighted by Gasteiger charge is 2.16. The molecular formula is C18H12BrNO4. The molecule has 0 atom stereocenters. The smallest absolute Gasteiger partial charge is 0.341 e. The van der Waals surface area contributed by atoms with Crippen molar-refractivity contribution in [3.05, 3.63) is 56.8 Å². The topological polar surface area (TPSA) is 68.0 Å². The highest BCUT2D eigenvalue weighted by molar-refractivity contribution is 9.10. The van der Waals surface area contributed by atoms with Crippen molar-refractivity contribution in [2.24, 2.45) is 0 Å². The number of fused-ring (bicyclic) bond motifs is 3. The first kappa shape index (κ1) is 15.0. The van der Waals surface area contributed by atoms with Crippen molar-refractivity contribution >= 4 is 49.1 Å². The van der Waals surface area contributed by atoms with Crippen LogP contribution in [0.5, 0.6) is 5.75 Å². The summed E-state index contributed by atoms with van der Waals surface area (Å²) in [6.45, 7) is 1.32. The molecule has 5 nitrogen and oxygen atoms in total. The van der Waals surface area contributed by atoms with Crippen LogP contribution in [0.15, 0.2) is 45.8 Å². The maximum absolute atomic E-state index is 12.6. The van der Waals surface area contributed by atoms with E-state index in [1.807, 2.05) is 28.8 Å². The molecule has 1 N–H and O–H groups in total. The van der Waals surface area contributed by atoms with Crippen LogP contribution in [0.25, 0.3) is 27.2 Å². The van der Waals surface area contributed by atoms with Gasteiger partial charge in [-0.2, -0.15) is 0 Å². The number of benzene rings is 2. The molecule has 4 rings (SSSR count). The normalized spacial score (nSPS) is 11.6. The van der Waals surface area contributed by atoms with Gasteiger partial charge in [0.1, 0.15) is 5.75 Å². The summed E-state index contributed by atoms with van der Waals surface area (Å²) in [5.41, 5.74) is 2.35. The number of pyridine rings is 1. The molecule has 0 aliphatic carbocycles. The molecule has 0 saturated heterocycles. The fraction of sp³-hybridized carbons (Fsp3) is 0.111. The van der Waals surface area contributed by atoms with E-state index in [1.165, 1.54) is 0 Å². The molecule has 2 aromatic heterocycles. The highest BCUT2D eigenvalue weighted by Crippen LogP contribution is 2.35. The first-order chi connectivity index (χ1) is 11.5. The minimum absolute atomic E-state index is 0.0739. The summed E-state index contributed by atoms with van der Waals surface area (Å²) >= 11 is 3.47. The predicted octanol–water partition coefficient (Wildman–Crippen LogP) is 3.58. The molecule has 2 heterocycles. The molecule has 24 heavy (non-hydrogen) atoms. The number of carboxylic acid groups (broad SMARTS) is 1. The number of carboxylic acids is 1. The number of hydrogen-bond acceptors (Lipinski definition) is 3. The van der Waals surface area contributed by atoms with Crippen molar-refractivity contribution in [3.8, 4) is 5.75 Å².